The molecular weight excluding hydrogens is 327 g/mol. The van der Waals surface area contributed by atoms with Crippen LogP contribution in [0.2, 0.25) is 0 Å². The molecular formula is C7H8Am. The van der Waals surface area contributed by atoms with Crippen molar-refractivity contribution in [3.05, 3.63) is 35.9 Å². The van der Waals surface area contributed by atoms with Crippen LogP contribution in [0.4, 0.5) is 0 Å². The third-order valence-corrected chi connectivity index (χ3v) is 0.940. The fraction of sp³-hybridized carbons (Fsp3) is 0.143. The van der Waals surface area contributed by atoms with Crippen LogP contribution in [0.15, 0.2) is 30.3 Å². The van der Waals surface area contributed by atoms with E-state index in [2.05, 4.69) is 19.1 Å². The molecule has 8 heavy (non-hydrogen) atoms. The average molecular weight is 335 g/mol. The quantitative estimate of drug-likeness (QED) is 0.680. The van der Waals surface area contributed by atoms with Crippen LogP contribution in [0, 0.1) is 21.2 Å². The number of aryl methyl sites for hydroxylation is 1. The Labute approximate surface area is 57.7 Å². The predicted molar refractivity (Wildman–Crippen MR) is 31.2 cm³/mol. The molecule has 0 aliphatic rings. The largest absolute Gasteiger partial charge is 0.0622 e. The van der Waals surface area contributed by atoms with E-state index in [9.17, 15) is 0 Å². The molecule has 43 valence electrons. The van der Waals surface area contributed by atoms with E-state index in [4.69, 9.17) is 0 Å². The van der Waals surface area contributed by atoms with E-state index in [1.165, 1.54) is 5.56 Å². The molecule has 1 rings (SSSR count). The summed E-state index contributed by atoms with van der Waals surface area (Å²) in [5, 5.41) is 0. The SMILES string of the molecule is Cc1ccccc1.[Am]. The Hall–Kier alpha value is -0.390. The zero-order valence-electron chi connectivity index (χ0n) is 4.76. The van der Waals surface area contributed by atoms with Gasteiger partial charge in [0.1, 0.15) is 0 Å². The molecule has 0 fully saturated rings. The van der Waals surface area contributed by atoms with Gasteiger partial charge in [-0.1, -0.05) is 35.9 Å². The van der Waals surface area contributed by atoms with E-state index >= 15 is 0 Å². The molecule has 0 aliphatic heterocycles. The minimum Gasteiger partial charge on any atom is -0.0622 e. The molecule has 0 heterocycles. The van der Waals surface area contributed by atoms with Crippen molar-refractivity contribution in [1.82, 2.24) is 0 Å². The van der Waals surface area contributed by atoms with E-state index in [-0.39, 0.29) is 14.3 Å². The molecule has 0 atom stereocenters. The van der Waals surface area contributed by atoms with Crippen LogP contribution in [0.3, 0.4) is 0 Å². The van der Waals surface area contributed by atoms with Gasteiger partial charge < -0.3 is 0 Å². The summed E-state index contributed by atoms with van der Waals surface area (Å²) in [6, 6.07) is 10.3. The van der Waals surface area contributed by atoms with Gasteiger partial charge >= 0.3 is 0 Å². The second-order valence-electron chi connectivity index (χ2n) is 1.65. The second kappa shape index (κ2) is 3.59. The number of hydrogen-bond acceptors (Lipinski definition) is 0. The standard InChI is InChI=1S/C7H8.Am/c1-7-5-3-2-4-6-7;/h2-6H,1H3;. The fourth-order valence-electron chi connectivity index (χ4n) is 0.534. The predicted octanol–water partition coefficient (Wildman–Crippen LogP) is 2.00. The van der Waals surface area contributed by atoms with Crippen molar-refractivity contribution >= 4 is 0 Å². The van der Waals surface area contributed by atoms with E-state index < -0.39 is 0 Å². The molecule has 0 aromatic heterocycles. The molecule has 1 aromatic rings. The van der Waals surface area contributed by atoms with Crippen LogP contribution in [-0.4, -0.2) is 0 Å². The third-order valence-electron chi connectivity index (χ3n) is 0.940. The van der Waals surface area contributed by atoms with Gasteiger partial charge in [0.15, 0.2) is 0 Å². The molecule has 0 unspecified atom stereocenters. The zero-order chi connectivity index (χ0) is 5.11. The smallest absolute Gasteiger partial charge is 0 e. The molecule has 0 bridgehead atoms. The van der Waals surface area contributed by atoms with Crippen LogP contribution in [0.25, 0.3) is 0 Å². The van der Waals surface area contributed by atoms with Gasteiger partial charge in [0.2, 0.25) is 0 Å². The Morgan fingerprint density at radius 1 is 1.00 bits per heavy atom. The zero-order valence-corrected chi connectivity index (χ0v) is 7.91. The normalized spacial score (nSPS) is 7.62. The van der Waals surface area contributed by atoms with Gasteiger partial charge in [0.05, 0.1) is 0 Å². The monoisotopic (exact) mass is 333 g/mol. The Kier molecular flexibility index (Phi) is 3.42. The van der Waals surface area contributed by atoms with Gasteiger partial charge in [-0.05, 0) is 6.92 Å². The van der Waals surface area contributed by atoms with E-state index in [1.807, 2.05) is 18.2 Å². The van der Waals surface area contributed by atoms with Gasteiger partial charge in [-0.2, -0.15) is 0 Å². The molecule has 0 spiro atoms. The maximum Gasteiger partial charge on any atom is 0 e. The fourth-order valence-corrected chi connectivity index (χ4v) is 0.534. The van der Waals surface area contributed by atoms with Crippen molar-refractivity contribution in [2.75, 3.05) is 0 Å². The number of benzene rings is 1. The summed E-state index contributed by atoms with van der Waals surface area (Å²) in [5.74, 6) is 0. The third kappa shape index (κ3) is 2.06. The Balaban J connectivity index is 0.000000490. The summed E-state index contributed by atoms with van der Waals surface area (Å²) < 4.78 is 0. The molecule has 1 radical (unpaired) electrons. The first-order chi connectivity index (χ1) is 3.39. The van der Waals surface area contributed by atoms with Crippen molar-refractivity contribution in [2.24, 2.45) is 0 Å². The summed E-state index contributed by atoms with van der Waals surface area (Å²) in [7, 11) is 0. The van der Waals surface area contributed by atoms with Gasteiger partial charge in [-0.25, -0.2) is 0 Å². The van der Waals surface area contributed by atoms with Gasteiger partial charge in [-0.15, -0.1) is 0 Å². The Bertz CT molecular complexity index is 134. The van der Waals surface area contributed by atoms with Crippen LogP contribution < -0.4 is 0 Å². The molecule has 0 amide bonds. The first-order valence-electron chi connectivity index (χ1n) is 2.41. The minimum atomic E-state index is 0. The van der Waals surface area contributed by atoms with Crippen molar-refractivity contribution in [3.63, 3.8) is 0 Å². The molecule has 0 saturated heterocycles. The number of hydrogen-bond donors (Lipinski definition) is 0. The van der Waals surface area contributed by atoms with E-state index in [0.29, 0.717) is 0 Å². The summed E-state index contributed by atoms with van der Waals surface area (Å²) >= 11 is 0. The van der Waals surface area contributed by atoms with Gasteiger partial charge in [0.25, 0.3) is 0 Å². The topological polar surface area (TPSA) is 0 Å². The summed E-state index contributed by atoms with van der Waals surface area (Å²) in [5.41, 5.74) is 1.32. The number of rotatable bonds is 0. The first-order valence-corrected chi connectivity index (χ1v) is 2.41. The molecule has 0 saturated carbocycles. The van der Waals surface area contributed by atoms with Gasteiger partial charge in [0, 0.05) is 14.3 Å². The maximum absolute atomic E-state index is 2.08. The van der Waals surface area contributed by atoms with Crippen molar-refractivity contribution < 1.29 is 14.3 Å². The van der Waals surface area contributed by atoms with Crippen molar-refractivity contribution in [3.8, 4) is 0 Å². The summed E-state index contributed by atoms with van der Waals surface area (Å²) in [4.78, 5) is 0. The average Bonchev–Trinajstić information content (AvgIpc) is 1.69. The summed E-state index contributed by atoms with van der Waals surface area (Å²) in [6.07, 6.45) is 0. The second-order valence-corrected chi connectivity index (χ2v) is 1.65. The van der Waals surface area contributed by atoms with E-state index in [1.54, 1.807) is 0 Å². The van der Waals surface area contributed by atoms with Crippen LogP contribution in [-0.2, 0) is 0 Å². The molecule has 0 aliphatic carbocycles. The van der Waals surface area contributed by atoms with Crippen molar-refractivity contribution in [2.45, 2.75) is 6.92 Å². The van der Waals surface area contributed by atoms with Gasteiger partial charge in [-0.3, -0.25) is 0 Å². The Morgan fingerprint density at radius 3 is 1.75 bits per heavy atom. The van der Waals surface area contributed by atoms with Crippen LogP contribution in [0.1, 0.15) is 5.56 Å². The van der Waals surface area contributed by atoms with E-state index in [0.717, 1.165) is 0 Å². The minimum absolute atomic E-state index is 0. The molecule has 1 heteroatoms. The first kappa shape index (κ1) is 7.61. The Morgan fingerprint density at radius 2 is 1.50 bits per heavy atom. The van der Waals surface area contributed by atoms with Crippen molar-refractivity contribution in [1.29, 1.82) is 0 Å². The maximum atomic E-state index is 2.08. The molecule has 1 aromatic carbocycles. The van der Waals surface area contributed by atoms with Crippen LogP contribution in [0.5, 0.6) is 0 Å². The summed E-state index contributed by atoms with van der Waals surface area (Å²) in [6.45, 7) is 2.08. The molecule has 0 nitrogen and oxygen atoms in total. The molecule has 0 N–H and O–H groups in total. The van der Waals surface area contributed by atoms with Crippen LogP contribution >= 0.6 is 0 Å².